The van der Waals surface area contributed by atoms with Gasteiger partial charge in [-0.3, -0.25) is 9.58 Å². The number of nitrogens with one attached hydrogen (secondary N) is 1. The van der Waals surface area contributed by atoms with Crippen molar-refractivity contribution in [3.05, 3.63) is 36.2 Å². The number of nitrogens with zero attached hydrogens (tertiary/aromatic N) is 6. The minimum absolute atomic E-state index is 0.341. The summed E-state index contributed by atoms with van der Waals surface area (Å²) in [6, 6.07) is 8.14. The van der Waals surface area contributed by atoms with Crippen molar-refractivity contribution in [1.82, 2.24) is 24.6 Å². The number of anilines is 3. The molecule has 0 amide bonds. The first kappa shape index (κ1) is 28.0. The van der Waals surface area contributed by atoms with Crippen LogP contribution in [0, 0.1) is 11.3 Å². The Morgan fingerprint density at radius 3 is 2.65 bits per heavy atom. The van der Waals surface area contributed by atoms with E-state index >= 15 is 0 Å². The van der Waals surface area contributed by atoms with Crippen LogP contribution >= 0.6 is 0 Å². The summed E-state index contributed by atoms with van der Waals surface area (Å²) in [5.74, 6) is 0.753. The van der Waals surface area contributed by atoms with Crippen molar-refractivity contribution >= 4 is 35.1 Å². The van der Waals surface area contributed by atoms with Crippen LogP contribution in [0.4, 0.5) is 17.5 Å². The van der Waals surface area contributed by atoms with Gasteiger partial charge in [-0.25, -0.2) is 4.98 Å². The molecule has 1 saturated carbocycles. The Balaban J connectivity index is 0.000000228. The van der Waals surface area contributed by atoms with Crippen LogP contribution in [0.1, 0.15) is 57.4 Å². The number of rotatable bonds is 6. The maximum atomic E-state index is 8.95. The summed E-state index contributed by atoms with van der Waals surface area (Å²) in [7, 11) is 0. The molecule has 1 aliphatic heterocycles. The average Bonchev–Trinajstić information content (AvgIpc) is 3.41. The fourth-order valence-corrected chi connectivity index (χ4v) is 4.67. The van der Waals surface area contributed by atoms with Gasteiger partial charge in [-0.15, -0.1) is 0 Å². The van der Waals surface area contributed by atoms with Gasteiger partial charge in [0, 0.05) is 37.3 Å². The number of fused-ring (bicyclic) bond motifs is 1. The number of benzene rings is 1. The molecule has 1 aliphatic carbocycles. The fraction of sp³-hybridized carbons (Fsp3) is 0.519. The molecule has 198 valence electrons. The molecule has 2 fully saturated rings. The summed E-state index contributed by atoms with van der Waals surface area (Å²) in [6.07, 6.45) is 13.1. The number of aryl methyl sites for hydroxylation is 1. The summed E-state index contributed by atoms with van der Waals surface area (Å²) >= 11 is 0. The third-order valence-corrected chi connectivity index (χ3v) is 6.62. The molecule has 3 N–H and O–H groups in total. The highest BCUT2D eigenvalue weighted by Crippen LogP contribution is 2.24. The number of nitrogen functional groups attached to an aromatic ring is 1. The molecule has 37 heavy (non-hydrogen) atoms. The van der Waals surface area contributed by atoms with Crippen molar-refractivity contribution in [2.75, 3.05) is 37.4 Å². The van der Waals surface area contributed by atoms with Gasteiger partial charge < -0.3 is 20.6 Å². The van der Waals surface area contributed by atoms with E-state index in [1.54, 1.807) is 24.4 Å². The first-order valence-corrected chi connectivity index (χ1v) is 13.0. The van der Waals surface area contributed by atoms with Crippen molar-refractivity contribution in [2.45, 2.75) is 64.5 Å². The fourth-order valence-electron chi connectivity index (χ4n) is 4.67. The molecule has 0 atom stereocenters. The molecule has 0 spiro atoms. The molecular weight excluding hydrogens is 468 g/mol. The van der Waals surface area contributed by atoms with E-state index in [0.29, 0.717) is 28.2 Å². The molecule has 10 nitrogen and oxygen atoms in total. The Hall–Kier alpha value is -3.55. The van der Waals surface area contributed by atoms with Crippen LogP contribution in [0.2, 0.25) is 0 Å². The summed E-state index contributed by atoms with van der Waals surface area (Å²) in [4.78, 5) is 19.3. The molecule has 5 rings (SSSR count). The highest BCUT2D eigenvalue weighted by atomic mass is 16.5. The Morgan fingerprint density at radius 1 is 1.19 bits per heavy atom. The van der Waals surface area contributed by atoms with E-state index in [0.717, 1.165) is 44.3 Å². The number of ether oxygens (including phenoxy) is 1. The first-order valence-electron chi connectivity index (χ1n) is 13.0. The zero-order chi connectivity index (χ0) is 26.5. The van der Waals surface area contributed by atoms with Crippen molar-refractivity contribution in [1.29, 1.82) is 5.26 Å². The van der Waals surface area contributed by atoms with Crippen LogP contribution < -0.4 is 11.1 Å². The number of carbonyl (C=O) groups is 1. The van der Waals surface area contributed by atoms with Gasteiger partial charge in [0.2, 0.25) is 5.95 Å². The highest BCUT2D eigenvalue weighted by molar-refractivity contribution is 5.90. The van der Waals surface area contributed by atoms with Gasteiger partial charge >= 0.3 is 0 Å². The number of hydrogen-bond acceptors (Lipinski definition) is 9. The molecule has 1 saturated heterocycles. The van der Waals surface area contributed by atoms with Crippen LogP contribution in [0.15, 0.2) is 30.6 Å². The Kier molecular flexibility index (Phi) is 11.3. The maximum absolute atomic E-state index is 8.95. The quantitative estimate of drug-likeness (QED) is 0.502. The van der Waals surface area contributed by atoms with Crippen molar-refractivity contribution in [3.8, 4) is 6.07 Å². The van der Waals surface area contributed by atoms with Crippen LogP contribution in [0.25, 0.3) is 10.9 Å². The van der Waals surface area contributed by atoms with E-state index in [1.807, 2.05) is 17.7 Å². The minimum atomic E-state index is 0.341. The lowest BCUT2D eigenvalue weighted by molar-refractivity contribution is -0.0980. The third-order valence-electron chi connectivity index (χ3n) is 6.62. The molecule has 0 bridgehead atoms. The molecule has 2 aliphatic rings. The third kappa shape index (κ3) is 8.23. The zero-order valence-electron chi connectivity index (χ0n) is 21.7. The standard InChI is InChI=1S/C16H17N7.C10H19NO.CH2O/c1-2-3-6-23-10-12(9-19-23)20-16-21-14-5-4-11(8-17)7-13(14)15(18)22-16;1-2-4-10(5-3-1)11-6-8-12-9-7-11;1-2/h4-5,7,9-10H,2-3,6H2,1H3,(H3,18,20,21,22);10H,1-9H2;1H2. The maximum Gasteiger partial charge on any atom is 0.229 e. The van der Waals surface area contributed by atoms with Crippen LogP contribution in [0.3, 0.4) is 0 Å². The lowest BCUT2D eigenvalue weighted by Crippen LogP contribution is -2.44. The number of nitrogens with two attached hydrogens (primary N) is 1. The average molecular weight is 507 g/mol. The summed E-state index contributed by atoms with van der Waals surface area (Å²) in [5, 5.41) is 17.0. The first-order chi connectivity index (χ1) is 18.2. The smallest absolute Gasteiger partial charge is 0.229 e. The predicted molar refractivity (Wildman–Crippen MR) is 145 cm³/mol. The second kappa shape index (κ2) is 14.9. The van der Waals surface area contributed by atoms with Gasteiger partial charge in [-0.2, -0.15) is 15.3 Å². The molecule has 0 radical (unpaired) electrons. The van der Waals surface area contributed by atoms with E-state index in [4.69, 9.17) is 20.5 Å². The van der Waals surface area contributed by atoms with Gasteiger partial charge in [0.1, 0.15) is 12.6 Å². The van der Waals surface area contributed by atoms with E-state index in [2.05, 4.69) is 38.3 Å². The number of hydrogen-bond donors (Lipinski definition) is 2. The normalized spacial score (nSPS) is 16.1. The largest absolute Gasteiger partial charge is 0.383 e. The van der Waals surface area contributed by atoms with E-state index in [1.165, 1.54) is 45.2 Å². The molecule has 3 aromatic rings. The minimum Gasteiger partial charge on any atom is -0.383 e. The number of unbranched alkanes of at least 4 members (excludes halogenated alkanes) is 1. The van der Waals surface area contributed by atoms with E-state index in [9.17, 15) is 0 Å². The van der Waals surface area contributed by atoms with Crippen molar-refractivity contribution < 1.29 is 9.53 Å². The predicted octanol–water partition coefficient (Wildman–Crippen LogP) is 4.29. The lowest BCUT2D eigenvalue weighted by atomic mass is 9.94. The number of morpholine rings is 1. The number of aromatic nitrogens is 4. The Bertz CT molecular complexity index is 1130. The van der Waals surface area contributed by atoms with E-state index in [-0.39, 0.29) is 0 Å². The summed E-state index contributed by atoms with van der Waals surface area (Å²) in [5.41, 5.74) is 8.02. The second-order valence-electron chi connectivity index (χ2n) is 9.19. The van der Waals surface area contributed by atoms with Crippen LogP contribution in [-0.2, 0) is 16.1 Å². The summed E-state index contributed by atoms with van der Waals surface area (Å²) < 4.78 is 7.23. The van der Waals surface area contributed by atoms with Crippen LogP contribution in [-0.4, -0.2) is 63.8 Å². The van der Waals surface area contributed by atoms with Gasteiger partial charge in [0.25, 0.3) is 0 Å². The highest BCUT2D eigenvalue weighted by Gasteiger charge is 2.22. The monoisotopic (exact) mass is 506 g/mol. The van der Waals surface area contributed by atoms with Crippen molar-refractivity contribution in [3.63, 3.8) is 0 Å². The van der Waals surface area contributed by atoms with Crippen LogP contribution in [0.5, 0.6) is 0 Å². The van der Waals surface area contributed by atoms with Gasteiger partial charge in [0.05, 0.1) is 42.2 Å². The molecular formula is C27H38N8O2. The van der Waals surface area contributed by atoms with Crippen molar-refractivity contribution in [2.24, 2.45) is 0 Å². The number of nitriles is 1. The molecule has 1 aromatic carbocycles. The molecule has 10 heteroatoms. The molecule has 0 unspecified atom stereocenters. The SMILES string of the molecule is C1CCC(N2CCOCC2)CC1.C=O.CCCCn1cc(Nc2nc(N)c3cc(C#N)ccc3n2)cn1. The van der Waals surface area contributed by atoms with Gasteiger partial charge in [0.15, 0.2) is 0 Å². The number of carbonyl (C=O) groups excluding carboxylic acids is 1. The molecule has 3 heterocycles. The Labute approximate surface area is 218 Å². The lowest BCUT2D eigenvalue weighted by Gasteiger charge is -2.36. The summed E-state index contributed by atoms with van der Waals surface area (Å²) in [6.45, 7) is 9.28. The second-order valence-corrected chi connectivity index (χ2v) is 9.19. The Morgan fingerprint density at radius 2 is 1.95 bits per heavy atom. The van der Waals surface area contributed by atoms with E-state index < -0.39 is 0 Å². The zero-order valence-corrected chi connectivity index (χ0v) is 21.7. The molecule has 2 aromatic heterocycles. The van der Waals surface area contributed by atoms with Gasteiger partial charge in [-0.05, 0) is 37.5 Å². The van der Waals surface area contributed by atoms with Gasteiger partial charge in [-0.1, -0.05) is 32.6 Å². The topological polar surface area (TPSA) is 135 Å².